The summed E-state index contributed by atoms with van der Waals surface area (Å²) in [5.41, 5.74) is 0.335. The lowest BCUT2D eigenvalue weighted by Crippen LogP contribution is -2.40. The molecule has 0 aliphatic carbocycles. The van der Waals surface area contributed by atoms with Crippen molar-refractivity contribution in [2.45, 2.75) is 16.6 Å². The Labute approximate surface area is 175 Å². The third-order valence-corrected chi connectivity index (χ3v) is 9.88. The van der Waals surface area contributed by atoms with E-state index in [0.717, 1.165) is 0 Å². The van der Waals surface area contributed by atoms with Crippen molar-refractivity contribution < 1.29 is 31.1 Å². The molecule has 162 valence electrons. The molecule has 0 unspecified atom stereocenters. The Morgan fingerprint density at radius 2 is 2.07 bits per heavy atom. The molecule has 0 saturated carbocycles. The van der Waals surface area contributed by atoms with Crippen molar-refractivity contribution in [1.82, 2.24) is 4.31 Å². The maximum atomic E-state index is 13.0. The first-order chi connectivity index (χ1) is 13.7. The fourth-order valence-electron chi connectivity index (χ4n) is 3.17. The van der Waals surface area contributed by atoms with Crippen LogP contribution in [0, 0.1) is 0 Å². The molecule has 1 aromatic rings. The third-order valence-electron chi connectivity index (χ3n) is 4.68. The number of benzene rings is 1. The van der Waals surface area contributed by atoms with Crippen molar-refractivity contribution in [3.63, 3.8) is 0 Å². The minimum Gasteiger partial charge on any atom is -0.495 e. The largest absolute Gasteiger partial charge is 0.495 e. The first kappa shape index (κ1) is 22.3. The fraction of sp³-hybridized carbons (Fsp3) is 0.588. The Kier molecular flexibility index (Phi) is 7.10. The van der Waals surface area contributed by atoms with Crippen LogP contribution in [0.15, 0.2) is 23.1 Å². The van der Waals surface area contributed by atoms with E-state index in [4.69, 9.17) is 9.47 Å². The minimum absolute atomic E-state index is 0.0192. The van der Waals surface area contributed by atoms with Gasteiger partial charge in [0.2, 0.25) is 15.9 Å². The van der Waals surface area contributed by atoms with Gasteiger partial charge < -0.3 is 14.8 Å². The molecule has 2 aliphatic heterocycles. The molecule has 1 aromatic carbocycles. The van der Waals surface area contributed by atoms with Gasteiger partial charge >= 0.3 is 0 Å². The summed E-state index contributed by atoms with van der Waals surface area (Å²) >= 11 is 1.30. The second-order valence-corrected chi connectivity index (χ2v) is 12.2. The highest BCUT2D eigenvalue weighted by molar-refractivity contribution is 8.02. The Morgan fingerprint density at radius 3 is 2.69 bits per heavy atom. The zero-order valence-corrected chi connectivity index (χ0v) is 18.4. The normalized spacial score (nSPS) is 22.3. The molecule has 0 spiro atoms. The number of sulfonamides is 1. The second-order valence-electron chi connectivity index (χ2n) is 6.77. The molecule has 0 aromatic heterocycles. The average molecular weight is 465 g/mol. The summed E-state index contributed by atoms with van der Waals surface area (Å²) in [5, 5.41) is 2.60. The highest BCUT2D eigenvalue weighted by Gasteiger charge is 2.30. The van der Waals surface area contributed by atoms with Crippen LogP contribution in [0.2, 0.25) is 0 Å². The summed E-state index contributed by atoms with van der Waals surface area (Å²) in [5.74, 6) is 0.222. The summed E-state index contributed by atoms with van der Waals surface area (Å²) < 4.78 is 60.7. The number of nitrogens with zero attached hydrogens (tertiary/aromatic N) is 1. The van der Waals surface area contributed by atoms with Crippen LogP contribution in [-0.4, -0.2) is 83.0 Å². The lowest BCUT2D eigenvalue weighted by molar-refractivity contribution is -0.113. The predicted molar refractivity (Wildman–Crippen MR) is 111 cm³/mol. The molecular formula is C17H24N2O7S3. The number of rotatable bonds is 7. The van der Waals surface area contributed by atoms with Gasteiger partial charge in [0.15, 0.2) is 9.84 Å². The third kappa shape index (κ3) is 5.63. The number of thioether (sulfide) groups is 1. The SMILES string of the molecule is COc1ccc(NC(=O)CS[C@@H]2CCS(=O)(=O)C2)cc1S(=O)(=O)N1CCOCC1. The van der Waals surface area contributed by atoms with Crippen molar-refractivity contribution in [3.05, 3.63) is 18.2 Å². The number of carbonyl (C=O) groups is 1. The van der Waals surface area contributed by atoms with E-state index in [1.54, 1.807) is 6.07 Å². The van der Waals surface area contributed by atoms with Gasteiger partial charge in [0, 0.05) is 24.0 Å². The smallest absolute Gasteiger partial charge is 0.246 e. The van der Waals surface area contributed by atoms with Gasteiger partial charge in [0.1, 0.15) is 10.6 Å². The Bertz CT molecular complexity index is 957. The summed E-state index contributed by atoms with van der Waals surface area (Å²) in [7, 11) is -5.40. The van der Waals surface area contributed by atoms with E-state index < -0.39 is 19.9 Å². The van der Waals surface area contributed by atoms with Crippen LogP contribution in [0.3, 0.4) is 0 Å². The van der Waals surface area contributed by atoms with Crippen LogP contribution in [0.1, 0.15) is 6.42 Å². The van der Waals surface area contributed by atoms with Gasteiger partial charge in [-0.25, -0.2) is 16.8 Å². The van der Waals surface area contributed by atoms with Crippen LogP contribution >= 0.6 is 11.8 Å². The number of ether oxygens (including phenoxy) is 2. The van der Waals surface area contributed by atoms with Gasteiger partial charge in [0.25, 0.3) is 0 Å². The van der Waals surface area contributed by atoms with Gasteiger partial charge in [-0.1, -0.05) is 0 Å². The van der Waals surface area contributed by atoms with Crippen molar-refractivity contribution in [2.24, 2.45) is 0 Å². The van der Waals surface area contributed by atoms with Gasteiger partial charge in [-0.05, 0) is 24.6 Å². The number of anilines is 1. The van der Waals surface area contributed by atoms with Gasteiger partial charge in [-0.15, -0.1) is 11.8 Å². The van der Waals surface area contributed by atoms with Crippen LogP contribution in [0.5, 0.6) is 5.75 Å². The van der Waals surface area contributed by atoms with E-state index >= 15 is 0 Å². The number of carbonyl (C=O) groups excluding carboxylic acids is 1. The molecule has 2 heterocycles. The number of amides is 1. The highest BCUT2D eigenvalue weighted by atomic mass is 32.2. The summed E-state index contributed by atoms with van der Waals surface area (Å²) in [6.07, 6.45) is 0.546. The van der Waals surface area contributed by atoms with Crippen LogP contribution in [0.4, 0.5) is 5.69 Å². The first-order valence-corrected chi connectivity index (χ1v) is 13.4. The molecule has 1 N–H and O–H groups in total. The second kappa shape index (κ2) is 9.21. The van der Waals surface area contributed by atoms with E-state index in [1.165, 1.54) is 35.3 Å². The summed E-state index contributed by atoms with van der Waals surface area (Å²) in [4.78, 5) is 12.2. The molecule has 12 heteroatoms. The minimum atomic E-state index is -3.80. The molecule has 3 rings (SSSR count). The van der Waals surface area contributed by atoms with E-state index in [0.29, 0.717) is 25.3 Å². The number of methoxy groups -OCH3 is 1. The Morgan fingerprint density at radius 1 is 1.34 bits per heavy atom. The molecule has 0 radical (unpaired) electrons. The van der Waals surface area contributed by atoms with E-state index in [2.05, 4.69) is 5.32 Å². The predicted octanol–water partition coefficient (Wildman–Crippen LogP) is 0.575. The molecular weight excluding hydrogens is 440 g/mol. The number of morpholine rings is 1. The first-order valence-electron chi connectivity index (χ1n) is 9.09. The van der Waals surface area contributed by atoms with Crippen LogP contribution in [0.25, 0.3) is 0 Å². The van der Waals surface area contributed by atoms with E-state index in [-0.39, 0.29) is 52.2 Å². The van der Waals surface area contributed by atoms with Crippen LogP contribution < -0.4 is 10.1 Å². The molecule has 2 aliphatic rings. The maximum Gasteiger partial charge on any atom is 0.246 e. The summed E-state index contributed by atoms with van der Waals surface area (Å²) in [6, 6.07) is 4.45. The molecule has 9 nitrogen and oxygen atoms in total. The highest BCUT2D eigenvalue weighted by Crippen LogP contribution is 2.30. The molecule has 2 fully saturated rings. The van der Waals surface area contributed by atoms with E-state index in [9.17, 15) is 21.6 Å². The topological polar surface area (TPSA) is 119 Å². The number of hydrogen-bond donors (Lipinski definition) is 1. The molecule has 0 bridgehead atoms. The fourth-order valence-corrected chi connectivity index (χ4v) is 8.20. The maximum absolute atomic E-state index is 13.0. The van der Waals surface area contributed by atoms with Crippen molar-refractivity contribution in [3.8, 4) is 5.75 Å². The lowest BCUT2D eigenvalue weighted by atomic mass is 10.3. The standard InChI is InChI=1S/C17H24N2O7S3/c1-25-15-3-2-13(10-16(15)29(23,24)19-5-7-26-8-6-19)18-17(20)11-27-14-4-9-28(21,22)12-14/h2-3,10,14H,4-9,11-12H2,1H3,(H,18,20)/t14-/m1/s1. The Balaban J connectivity index is 1.68. The lowest BCUT2D eigenvalue weighted by Gasteiger charge is -2.26. The zero-order chi connectivity index (χ0) is 21.1. The molecule has 29 heavy (non-hydrogen) atoms. The van der Waals surface area contributed by atoms with E-state index in [1.807, 2.05) is 0 Å². The Hall–Kier alpha value is -1.34. The molecule has 1 atom stereocenters. The van der Waals surface area contributed by atoms with Crippen molar-refractivity contribution in [1.29, 1.82) is 0 Å². The van der Waals surface area contributed by atoms with Gasteiger partial charge in [-0.3, -0.25) is 4.79 Å². The number of sulfone groups is 1. The van der Waals surface area contributed by atoms with Crippen molar-refractivity contribution >= 4 is 43.2 Å². The molecule has 2 saturated heterocycles. The van der Waals surface area contributed by atoms with Gasteiger partial charge in [-0.2, -0.15) is 4.31 Å². The average Bonchev–Trinajstić information content (AvgIpc) is 3.06. The number of nitrogens with one attached hydrogen (secondary N) is 1. The monoisotopic (exact) mass is 464 g/mol. The molecule has 1 amide bonds. The quantitative estimate of drug-likeness (QED) is 0.622. The zero-order valence-electron chi connectivity index (χ0n) is 16.0. The van der Waals surface area contributed by atoms with Crippen molar-refractivity contribution in [2.75, 3.05) is 56.0 Å². The number of hydrogen-bond acceptors (Lipinski definition) is 8. The van der Waals surface area contributed by atoms with Gasteiger partial charge in [0.05, 0.1) is 37.6 Å². The summed E-state index contributed by atoms with van der Waals surface area (Å²) in [6.45, 7) is 1.16. The van der Waals surface area contributed by atoms with Crippen LogP contribution in [-0.2, 0) is 29.4 Å².